The Morgan fingerprint density at radius 1 is 1.09 bits per heavy atom. The number of fused-ring (bicyclic) bond motifs is 1. The Labute approximate surface area is 190 Å². The zero-order valence-electron chi connectivity index (χ0n) is 17.6. The molecule has 0 bridgehead atoms. The molecule has 0 atom stereocenters. The molecule has 1 amide bonds. The largest absolute Gasteiger partial charge is 0.452 e. The zero-order valence-corrected chi connectivity index (χ0v) is 18.4. The number of aryl methyl sites for hydroxylation is 2. The van der Waals surface area contributed by atoms with E-state index in [0.717, 1.165) is 11.1 Å². The number of hydrogen-bond acceptors (Lipinski definition) is 5. The molecule has 0 spiro atoms. The van der Waals surface area contributed by atoms with Crippen LogP contribution >= 0.6 is 11.6 Å². The van der Waals surface area contributed by atoms with Crippen LogP contribution in [0.5, 0.6) is 0 Å². The minimum Gasteiger partial charge on any atom is -0.452 e. The maximum Gasteiger partial charge on any atom is 0.339 e. The number of nitrogens with zero attached hydrogens (tertiary/aromatic N) is 3. The van der Waals surface area contributed by atoms with Crippen molar-refractivity contribution in [2.75, 3.05) is 6.61 Å². The third-order valence-electron chi connectivity index (χ3n) is 4.97. The molecule has 0 saturated heterocycles. The second-order valence-electron chi connectivity index (χ2n) is 7.31. The zero-order chi connectivity index (χ0) is 22.7. The van der Waals surface area contributed by atoms with Crippen molar-refractivity contribution in [1.82, 2.24) is 20.1 Å². The molecule has 0 saturated carbocycles. The third-order valence-corrected chi connectivity index (χ3v) is 5.21. The highest BCUT2D eigenvalue weighted by atomic mass is 35.5. The molecule has 7 nitrogen and oxygen atoms in total. The van der Waals surface area contributed by atoms with E-state index in [1.54, 1.807) is 42.9 Å². The molecule has 0 fully saturated rings. The van der Waals surface area contributed by atoms with Gasteiger partial charge in [-0.15, -0.1) is 0 Å². The Kier molecular flexibility index (Phi) is 6.18. The Balaban J connectivity index is 1.53. The number of hydrogen-bond donors (Lipinski definition) is 1. The molecule has 8 heteroatoms. The first-order valence-electron chi connectivity index (χ1n) is 10.0. The van der Waals surface area contributed by atoms with Gasteiger partial charge in [0.05, 0.1) is 22.3 Å². The number of amides is 1. The maximum atomic E-state index is 12.9. The lowest BCUT2D eigenvalue weighted by molar-refractivity contribution is -0.124. The summed E-state index contributed by atoms with van der Waals surface area (Å²) in [5.41, 5.74) is 3.89. The molecule has 0 aliphatic heterocycles. The van der Waals surface area contributed by atoms with Crippen LogP contribution in [0.1, 0.15) is 21.6 Å². The van der Waals surface area contributed by atoms with Gasteiger partial charge in [-0.2, -0.15) is 5.10 Å². The van der Waals surface area contributed by atoms with Crippen LogP contribution in [0.4, 0.5) is 0 Å². The number of aromatic nitrogens is 3. The van der Waals surface area contributed by atoms with Crippen LogP contribution < -0.4 is 5.32 Å². The Bertz CT molecular complexity index is 1300. The minimum absolute atomic E-state index is 0.288. The molecule has 4 aromatic rings. The molecule has 2 aromatic carbocycles. The number of carbonyl (C=O) groups excluding carboxylic acids is 2. The van der Waals surface area contributed by atoms with Crippen LogP contribution in [0.2, 0.25) is 5.02 Å². The smallest absolute Gasteiger partial charge is 0.339 e. The van der Waals surface area contributed by atoms with Gasteiger partial charge in [-0.3, -0.25) is 9.48 Å². The summed E-state index contributed by atoms with van der Waals surface area (Å²) in [6, 6.07) is 18.4. The molecule has 0 aliphatic rings. The molecule has 0 unspecified atom stereocenters. The first kappa shape index (κ1) is 21.5. The summed E-state index contributed by atoms with van der Waals surface area (Å²) in [6.45, 7) is 1.69. The molecular formula is C24H21ClN4O3. The van der Waals surface area contributed by atoms with Crippen molar-refractivity contribution in [2.24, 2.45) is 7.05 Å². The summed E-state index contributed by atoms with van der Waals surface area (Å²) in [7, 11) is 1.77. The van der Waals surface area contributed by atoms with Gasteiger partial charge in [-0.25, -0.2) is 9.78 Å². The van der Waals surface area contributed by atoms with Crippen molar-refractivity contribution in [2.45, 2.75) is 13.5 Å². The average Bonchev–Trinajstić information content (AvgIpc) is 3.09. The van der Waals surface area contributed by atoms with Crippen molar-refractivity contribution >= 4 is 34.5 Å². The van der Waals surface area contributed by atoms with Crippen molar-refractivity contribution in [3.8, 4) is 11.3 Å². The standard InChI is InChI=1S/C24H21ClN4O3/c1-15-22-19(12-20(17-8-4-3-5-9-17)27-23(22)29(2)28-15)24(31)32-14-21(30)26-13-16-7-6-10-18(25)11-16/h3-12H,13-14H2,1-2H3,(H,26,30). The van der Waals surface area contributed by atoms with Gasteiger partial charge in [0, 0.05) is 24.2 Å². The fourth-order valence-corrected chi connectivity index (χ4v) is 3.68. The molecule has 32 heavy (non-hydrogen) atoms. The SMILES string of the molecule is Cc1nn(C)c2nc(-c3ccccc3)cc(C(=O)OCC(=O)NCc3cccc(Cl)c3)c12. The van der Waals surface area contributed by atoms with Crippen molar-refractivity contribution < 1.29 is 14.3 Å². The Hall–Kier alpha value is -3.71. The second-order valence-corrected chi connectivity index (χ2v) is 7.75. The molecule has 0 aliphatic carbocycles. The maximum absolute atomic E-state index is 12.9. The van der Waals surface area contributed by atoms with Gasteiger partial charge in [0.2, 0.25) is 0 Å². The van der Waals surface area contributed by atoms with E-state index in [4.69, 9.17) is 16.3 Å². The highest BCUT2D eigenvalue weighted by molar-refractivity contribution is 6.30. The lowest BCUT2D eigenvalue weighted by Gasteiger charge is -2.10. The number of halogens is 1. The van der Waals surface area contributed by atoms with Gasteiger partial charge in [0.15, 0.2) is 12.3 Å². The van der Waals surface area contributed by atoms with Crippen molar-refractivity contribution in [3.05, 3.63) is 82.5 Å². The summed E-state index contributed by atoms with van der Waals surface area (Å²) in [5.74, 6) is -1.02. The van der Waals surface area contributed by atoms with E-state index in [-0.39, 0.29) is 6.54 Å². The summed E-state index contributed by atoms with van der Waals surface area (Å²) < 4.78 is 6.95. The third kappa shape index (κ3) is 4.63. The number of ether oxygens (including phenoxy) is 1. The van der Waals surface area contributed by atoms with Crippen molar-refractivity contribution in [3.63, 3.8) is 0 Å². The number of esters is 1. The number of pyridine rings is 1. The van der Waals surface area contributed by atoms with E-state index in [1.807, 2.05) is 36.4 Å². The molecule has 4 rings (SSSR count). The summed E-state index contributed by atoms with van der Waals surface area (Å²) in [5, 5.41) is 8.31. The number of carbonyl (C=O) groups is 2. The van der Waals surface area contributed by atoms with Gasteiger partial charge >= 0.3 is 5.97 Å². The quantitative estimate of drug-likeness (QED) is 0.449. The first-order valence-corrected chi connectivity index (χ1v) is 10.4. The van der Waals surface area contributed by atoms with Gasteiger partial charge < -0.3 is 10.1 Å². The summed E-state index contributed by atoms with van der Waals surface area (Å²) in [4.78, 5) is 29.8. The van der Waals surface area contributed by atoms with Gasteiger partial charge in [-0.1, -0.05) is 54.1 Å². The highest BCUT2D eigenvalue weighted by Gasteiger charge is 2.21. The number of nitrogens with one attached hydrogen (secondary N) is 1. The van der Waals surface area contributed by atoms with E-state index < -0.39 is 18.5 Å². The minimum atomic E-state index is -0.608. The van der Waals surface area contributed by atoms with E-state index in [1.165, 1.54) is 0 Å². The van der Waals surface area contributed by atoms with Crippen molar-refractivity contribution in [1.29, 1.82) is 0 Å². The lowest BCUT2D eigenvalue weighted by Crippen LogP contribution is -2.28. The molecule has 2 aromatic heterocycles. The molecular weight excluding hydrogens is 428 g/mol. The molecule has 0 radical (unpaired) electrons. The molecule has 162 valence electrons. The van der Waals surface area contributed by atoms with E-state index in [0.29, 0.717) is 33.0 Å². The predicted octanol–water partition coefficient (Wildman–Crippen LogP) is 4.07. The van der Waals surface area contributed by atoms with Gasteiger partial charge in [0.25, 0.3) is 5.91 Å². The monoisotopic (exact) mass is 448 g/mol. The fraction of sp³-hybridized carbons (Fsp3) is 0.167. The van der Waals surface area contributed by atoms with Crippen LogP contribution in [-0.2, 0) is 23.1 Å². The number of rotatable bonds is 6. The van der Waals surface area contributed by atoms with Gasteiger partial charge in [0.1, 0.15) is 0 Å². The van der Waals surface area contributed by atoms with E-state index in [2.05, 4.69) is 15.4 Å². The van der Waals surface area contributed by atoms with Gasteiger partial charge in [-0.05, 0) is 30.7 Å². The van der Waals surface area contributed by atoms with Crippen LogP contribution in [0.15, 0.2) is 60.7 Å². The topological polar surface area (TPSA) is 86.1 Å². The Morgan fingerprint density at radius 3 is 2.62 bits per heavy atom. The molecule has 1 N–H and O–H groups in total. The Morgan fingerprint density at radius 2 is 1.88 bits per heavy atom. The normalized spacial score (nSPS) is 10.8. The van der Waals surface area contributed by atoms with Crippen LogP contribution in [-0.4, -0.2) is 33.2 Å². The molecule has 2 heterocycles. The van der Waals surface area contributed by atoms with Crippen LogP contribution in [0.3, 0.4) is 0 Å². The van der Waals surface area contributed by atoms with E-state index >= 15 is 0 Å². The van der Waals surface area contributed by atoms with Crippen LogP contribution in [0, 0.1) is 6.92 Å². The lowest BCUT2D eigenvalue weighted by atomic mass is 10.1. The number of benzene rings is 2. The van der Waals surface area contributed by atoms with E-state index in [9.17, 15) is 9.59 Å². The predicted molar refractivity (Wildman–Crippen MR) is 122 cm³/mol. The highest BCUT2D eigenvalue weighted by Crippen LogP contribution is 2.27. The summed E-state index contributed by atoms with van der Waals surface area (Å²) in [6.07, 6.45) is 0. The van der Waals surface area contributed by atoms with Crippen LogP contribution in [0.25, 0.3) is 22.3 Å². The fourth-order valence-electron chi connectivity index (χ4n) is 3.47. The summed E-state index contributed by atoms with van der Waals surface area (Å²) >= 11 is 5.96. The average molecular weight is 449 g/mol. The first-order chi connectivity index (χ1) is 15.4. The second kappa shape index (κ2) is 9.20.